The molecule has 0 bridgehead atoms. The van der Waals surface area contributed by atoms with Crippen molar-refractivity contribution in [3.8, 4) is 0 Å². The molecule has 0 amide bonds. The van der Waals surface area contributed by atoms with E-state index in [0.717, 1.165) is 36.5 Å². The van der Waals surface area contributed by atoms with Gasteiger partial charge in [-0.25, -0.2) is 0 Å². The van der Waals surface area contributed by atoms with Gasteiger partial charge in [0, 0.05) is 36.3 Å². The average Bonchev–Trinajstić information content (AvgIpc) is 2.49. The number of hydrogen-bond acceptors (Lipinski definition) is 5. The maximum Gasteiger partial charge on any atom is 0.293 e. The smallest absolute Gasteiger partial charge is 0.293 e. The second-order valence-corrected chi connectivity index (χ2v) is 5.45. The normalized spacial score (nSPS) is 17.7. The molecule has 0 spiro atoms. The molecule has 0 fully saturated rings. The van der Waals surface area contributed by atoms with Crippen molar-refractivity contribution in [1.29, 1.82) is 0 Å². The van der Waals surface area contributed by atoms with Crippen molar-refractivity contribution in [2.75, 3.05) is 18.0 Å². The van der Waals surface area contributed by atoms with Crippen LogP contribution in [-0.2, 0) is 0 Å². The van der Waals surface area contributed by atoms with Crippen LogP contribution in [0.2, 0.25) is 0 Å². The first-order chi connectivity index (χ1) is 10.5. The zero-order valence-corrected chi connectivity index (χ0v) is 13.3. The van der Waals surface area contributed by atoms with E-state index in [1.807, 2.05) is 30.9 Å². The van der Waals surface area contributed by atoms with Gasteiger partial charge in [-0.05, 0) is 26.3 Å². The number of nitro benzene ring substituents is 1. The Labute approximate surface area is 130 Å². The van der Waals surface area contributed by atoms with Crippen molar-refractivity contribution in [3.05, 3.63) is 46.2 Å². The molecule has 1 aliphatic rings. The Morgan fingerprint density at radius 1 is 1.45 bits per heavy atom. The molecular formula is C16H22N4O2. The van der Waals surface area contributed by atoms with Gasteiger partial charge < -0.3 is 4.90 Å². The zero-order valence-electron chi connectivity index (χ0n) is 13.3. The molecule has 1 aromatic carbocycles. The molecule has 6 nitrogen and oxygen atoms in total. The molecule has 1 aliphatic heterocycles. The molecule has 118 valence electrons. The number of hydrazone groups is 1. The lowest BCUT2D eigenvalue weighted by Crippen LogP contribution is -2.26. The number of hydrogen-bond donors (Lipinski definition) is 1. The molecular weight excluding hydrogens is 280 g/mol. The van der Waals surface area contributed by atoms with Crippen LogP contribution in [0.3, 0.4) is 0 Å². The van der Waals surface area contributed by atoms with Crippen LogP contribution in [-0.4, -0.2) is 23.7 Å². The van der Waals surface area contributed by atoms with Crippen molar-refractivity contribution < 1.29 is 4.92 Å². The lowest BCUT2D eigenvalue weighted by molar-refractivity contribution is -0.384. The van der Waals surface area contributed by atoms with Crippen molar-refractivity contribution in [2.24, 2.45) is 11.0 Å². The van der Waals surface area contributed by atoms with Gasteiger partial charge in [0.15, 0.2) is 0 Å². The largest absolute Gasteiger partial charge is 0.367 e. The second kappa shape index (κ2) is 6.60. The van der Waals surface area contributed by atoms with Gasteiger partial charge in [-0.15, -0.1) is 0 Å². The topological polar surface area (TPSA) is 70.8 Å². The highest BCUT2D eigenvalue weighted by Crippen LogP contribution is 2.31. The van der Waals surface area contributed by atoms with Crippen LogP contribution in [0.25, 0.3) is 0 Å². The van der Waals surface area contributed by atoms with E-state index < -0.39 is 0 Å². The van der Waals surface area contributed by atoms with Gasteiger partial charge in [0.1, 0.15) is 5.69 Å². The summed E-state index contributed by atoms with van der Waals surface area (Å²) >= 11 is 0. The summed E-state index contributed by atoms with van der Waals surface area (Å²) in [5.41, 5.74) is 6.15. The maximum absolute atomic E-state index is 11.4. The van der Waals surface area contributed by atoms with E-state index in [2.05, 4.69) is 24.0 Å². The third-order valence-corrected chi connectivity index (χ3v) is 3.93. The van der Waals surface area contributed by atoms with E-state index in [4.69, 9.17) is 0 Å². The minimum Gasteiger partial charge on any atom is -0.367 e. The molecule has 0 aliphatic carbocycles. The third-order valence-electron chi connectivity index (χ3n) is 3.93. The number of anilines is 1. The molecule has 0 saturated heterocycles. The minimum absolute atomic E-state index is 0.125. The van der Waals surface area contributed by atoms with Crippen LogP contribution >= 0.6 is 0 Å². The molecule has 1 atom stereocenters. The Bertz CT molecular complexity index is 621. The molecule has 6 heteroatoms. The number of allylic oxidation sites excluding steroid dienone is 1. The summed E-state index contributed by atoms with van der Waals surface area (Å²) in [6.45, 7) is 11.4. The summed E-state index contributed by atoms with van der Waals surface area (Å²) in [5, 5.41) is 15.7. The van der Waals surface area contributed by atoms with E-state index in [9.17, 15) is 10.1 Å². The SMILES string of the molecule is C=C1CC(C)C(c2ccc(N(CC)CC)c([N+](=O)[O-])c2)=NN1. The van der Waals surface area contributed by atoms with Crippen LogP contribution in [0.1, 0.15) is 32.8 Å². The van der Waals surface area contributed by atoms with Gasteiger partial charge in [0.2, 0.25) is 0 Å². The monoisotopic (exact) mass is 302 g/mol. The quantitative estimate of drug-likeness (QED) is 0.669. The third kappa shape index (κ3) is 3.10. The first kappa shape index (κ1) is 16.0. The fourth-order valence-corrected chi connectivity index (χ4v) is 2.77. The van der Waals surface area contributed by atoms with Gasteiger partial charge in [-0.1, -0.05) is 19.6 Å². The maximum atomic E-state index is 11.4. The van der Waals surface area contributed by atoms with Crippen molar-refractivity contribution in [1.82, 2.24) is 5.43 Å². The average molecular weight is 302 g/mol. The van der Waals surface area contributed by atoms with Gasteiger partial charge in [-0.2, -0.15) is 5.10 Å². The van der Waals surface area contributed by atoms with E-state index in [1.54, 1.807) is 6.07 Å². The van der Waals surface area contributed by atoms with E-state index in [-0.39, 0.29) is 16.5 Å². The number of benzene rings is 1. The fourth-order valence-electron chi connectivity index (χ4n) is 2.77. The first-order valence-corrected chi connectivity index (χ1v) is 7.53. The van der Waals surface area contributed by atoms with Crippen LogP contribution in [0, 0.1) is 16.0 Å². The minimum atomic E-state index is -0.322. The lowest BCUT2D eigenvalue weighted by Gasteiger charge is -2.24. The highest BCUT2D eigenvalue weighted by Gasteiger charge is 2.24. The molecule has 1 aromatic rings. The summed E-state index contributed by atoms with van der Waals surface area (Å²) in [7, 11) is 0. The fraction of sp³-hybridized carbons (Fsp3) is 0.438. The molecule has 1 heterocycles. The molecule has 2 rings (SSSR count). The van der Waals surface area contributed by atoms with Crippen LogP contribution in [0.15, 0.2) is 35.6 Å². The van der Waals surface area contributed by atoms with Gasteiger partial charge in [0.05, 0.1) is 10.6 Å². The molecule has 0 saturated carbocycles. The Kier molecular flexibility index (Phi) is 4.80. The summed E-state index contributed by atoms with van der Waals surface area (Å²) in [6, 6.07) is 5.35. The number of nitrogens with one attached hydrogen (secondary N) is 1. The highest BCUT2D eigenvalue weighted by molar-refractivity contribution is 6.03. The standard InChI is InChI=1S/C16H22N4O2/c1-5-19(6-2)14-8-7-13(10-15(14)20(21)22)16-11(3)9-12(4)17-18-16/h7-8,10-11,17H,4-6,9H2,1-3H3. The van der Waals surface area contributed by atoms with Crippen LogP contribution in [0.5, 0.6) is 0 Å². The highest BCUT2D eigenvalue weighted by atomic mass is 16.6. The summed E-state index contributed by atoms with van der Waals surface area (Å²) < 4.78 is 0. The summed E-state index contributed by atoms with van der Waals surface area (Å²) in [4.78, 5) is 13.1. The van der Waals surface area contributed by atoms with E-state index in [1.165, 1.54) is 0 Å². The molecule has 1 N–H and O–H groups in total. The number of rotatable bonds is 5. The zero-order chi connectivity index (χ0) is 16.3. The van der Waals surface area contributed by atoms with Crippen LogP contribution in [0.4, 0.5) is 11.4 Å². The van der Waals surface area contributed by atoms with Crippen LogP contribution < -0.4 is 10.3 Å². The molecule has 0 aromatic heterocycles. The number of nitro groups is 1. The molecule has 1 unspecified atom stereocenters. The Hall–Kier alpha value is -2.37. The van der Waals surface area contributed by atoms with Gasteiger partial charge in [0.25, 0.3) is 5.69 Å². The van der Waals surface area contributed by atoms with E-state index in [0.29, 0.717) is 5.69 Å². The lowest BCUT2D eigenvalue weighted by atomic mass is 9.93. The van der Waals surface area contributed by atoms with Crippen molar-refractivity contribution in [3.63, 3.8) is 0 Å². The first-order valence-electron chi connectivity index (χ1n) is 7.53. The Morgan fingerprint density at radius 2 is 2.14 bits per heavy atom. The second-order valence-electron chi connectivity index (χ2n) is 5.45. The predicted octanol–water partition coefficient (Wildman–Crippen LogP) is 3.29. The summed E-state index contributed by atoms with van der Waals surface area (Å²) in [5.74, 6) is 0.188. The number of nitrogens with zero attached hydrogens (tertiary/aromatic N) is 3. The van der Waals surface area contributed by atoms with Crippen molar-refractivity contribution >= 4 is 17.1 Å². The van der Waals surface area contributed by atoms with Gasteiger partial charge >= 0.3 is 0 Å². The predicted molar refractivity (Wildman–Crippen MR) is 89.3 cm³/mol. The molecule has 0 radical (unpaired) electrons. The Morgan fingerprint density at radius 3 is 2.68 bits per heavy atom. The van der Waals surface area contributed by atoms with Crippen molar-refractivity contribution in [2.45, 2.75) is 27.2 Å². The Balaban J connectivity index is 2.46. The summed E-state index contributed by atoms with van der Waals surface area (Å²) in [6.07, 6.45) is 0.782. The van der Waals surface area contributed by atoms with E-state index >= 15 is 0 Å². The molecule has 22 heavy (non-hydrogen) atoms. The van der Waals surface area contributed by atoms with Gasteiger partial charge in [-0.3, -0.25) is 15.5 Å².